The molecule has 0 aromatic heterocycles. The highest BCUT2D eigenvalue weighted by Gasteiger charge is 2.28. The fourth-order valence-corrected chi connectivity index (χ4v) is 4.51. The van der Waals surface area contributed by atoms with Gasteiger partial charge in [0.25, 0.3) is 0 Å². The minimum atomic E-state index is -0.753. The number of nitrogens with two attached hydrogens (primary N) is 2. The largest absolute Gasteiger partial charge is 0.449 e. The average molecular weight is 380 g/mol. The predicted molar refractivity (Wildman–Crippen MR) is 104 cm³/mol. The van der Waals surface area contributed by atoms with Crippen molar-refractivity contribution in [1.82, 2.24) is 5.32 Å². The van der Waals surface area contributed by atoms with Gasteiger partial charge < -0.3 is 21.5 Å². The van der Waals surface area contributed by atoms with Crippen molar-refractivity contribution in [2.45, 2.75) is 47.0 Å². The maximum absolute atomic E-state index is 11.9. The number of carbonyl (C=O) groups is 2. The first-order valence-corrected chi connectivity index (χ1v) is 10.7. The van der Waals surface area contributed by atoms with Crippen LogP contribution >= 0.6 is 21.6 Å². The van der Waals surface area contributed by atoms with E-state index in [0.717, 1.165) is 18.6 Å². The molecule has 8 heteroatoms. The molecule has 0 aliphatic carbocycles. The normalized spacial score (nSPS) is 12.0. The van der Waals surface area contributed by atoms with Gasteiger partial charge in [-0.05, 0) is 30.2 Å². The van der Waals surface area contributed by atoms with Crippen LogP contribution < -0.4 is 16.8 Å². The van der Waals surface area contributed by atoms with E-state index in [0.29, 0.717) is 31.9 Å². The molecule has 5 N–H and O–H groups in total. The van der Waals surface area contributed by atoms with Gasteiger partial charge >= 0.3 is 6.09 Å². The fraction of sp³-hybridized carbons (Fsp3) is 0.875. The molecule has 0 heterocycles. The van der Waals surface area contributed by atoms with Crippen molar-refractivity contribution >= 4 is 33.6 Å². The van der Waals surface area contributed by atoms with E-state index in [1.54, 1.807) is 21.6 Å². The number of hydrogen-bond acceptors (Lipinski definition) is 6. The van der Waals surface area contributed by atoms with Gasteiger partial charge in [-0.1, -0.05) is 49.3 Å². The van der Waals surface area contributed by atoms with Gasteiger partial charge in [0.2, 0.25) is 5.91 Å². The Morgan fingerprint density at radius 1 is 1.08 bits per heavy atom. The number of hydrogen-bond donors (Lipinski definition) is 3. The van der Waals surface area contributed by atoms with Crippen LogP contribution in [0.3, 0.4) is 0 Å². The highest BCUT2D eigenvalue weighted by molar-refractivity contribution is 8.76. The molecule has 0 aliphatic heterocycles. The second-order valence-electron chi connectivity index (χ2n) is 7.38. The van der Waals surface area contributed by atoms with Crippen LogP contribution in [0.25, 0.3) is 0 Å². The first-order chi connectivity index (χ1) is 11.1. The Bertz CT molecular complexity index is 391. The molecule has 0 rings (SSSR count). The van der Waals surface area contributed by atoms with Crippen LogP contribution in [0.5, 0.6) is 0 Å². The zero-order chi connectivity index (χ0) is 18.6. The molecule has 0 aromatic carbocycles. The summed E-state index contributed by atoms with van der Waals surface area (Å²) in [5, 5.41) is 3.03. The predicted octanol–water partition coefficient (Wildman–Crippen LogP) is 2.76. The summed E-state index contributed by atoms with van der Waals surface area (Å²) in [7, 11) is 3.16. The fourth-order valence-electron chi connectivity index (χ4n) is 2.69. The third kappa shape index (κ3) is 13.8. The van der Waals surface area contributed by atoms with Crippen molar-refractivity contribution in [3.8, 4) is 0 Å². The molecule has 0 fully saturated rings. The van der Waals surface area contributed by atoms with E-state index in [4.69, 9.17) is 11.5 Å². The van der Waals surface area contributed by atoms with Gasteiger partial charge in [-0.15, -0.1) is 0 Å². The quantitative estimate of drug-likeness (QED) is 0.335. The molecule has 0 atom stereocenters. The lowest BCUT2D eigenvalue weighted by atomic mass is 9.73. The molecule has 142 valence electrons. The van der Waals surface area contributed by atoms with Gasteiger partial charge in [-0.25, -0.2) is 4.79 Å². The van der Waals surface area contributed by atoms with Crippen LogP contribution in [0.4, 0.5) is 4.79 Å². The van der Waals surface area contributed by atoms with Crippen molar-refractivity contribution in [3.05, 3.63) is 0 Å². The van der Waals surface area contributed by atoms with Gasteiger partial charge in [-0.2, -0.15) is 0 Å². The second-order valence-corrected chi connectivity index (χ2v) is 10.1. The van der Waals surface area contributed by atoms with Crippen molar-refractivity contribution in [3.63, 3.8) is 0 Å². The number of amides is 2. The van der Waals surface area contributed by atoms with Crippen molar-refractivity contribution in [2.75, 3.05) is 31.2 Å². The molecule has 0 unspecified atom stereocenters. The topological polar surface area (TPSA) is 107 Å². The average Bonchev–Trinajstić information content (AvgIpc) is 2.42. The Labute approximate surface area is 154 Å². The molecular formula is C16H33N3O3S2. The number of carbonyl (C=O) groups excluding carboxylic acids is 2. The minimum Gasteiger partial charge on any atom is -0.449 e. The van der Waals surface area contributed by atoms with E-state index >= 15 is 0 Å². The van der Waals surface area contributed by atoms with Gasteiger partial charge in [0.1, 0.15) is 6.61 Å². The van der Waals surface area contributed by atoms with Gasteiger partial charge in [0.05, 0.1) is 0 Å². The van der Waals surface area contributed by atoms with Crippen LogP contribution in [0.1, 0.15) is 47.0 Å². The molecule has 2 amide bonds. The van der Waals surface area contributed by atoms with E-state index in [-0.39, 0.29) is 16.7 Å². The smallest absolute Gasteiger partial charge is 0.404 e. The summed E-state index contributed by atoms with van der Waals surface area (Å²) in [6.07, 6.45) is 1.73. The SMILES string of the molecule is CC(C)(CCN)CC(C)(C)CNC(=O)CCSSCCOC(N)=O. The van der Waals surface area contributed by atoms with E-state index in [2.05, 4.69) is 37.7 Å². The Morgan fingerprint density at radius 3 is 2.29 bits per heavy atom. The summed E-state index contributed by atoms with van der Waals surface area (Å²) < 4.78 is 4.62. The standard InChI is InChI=1S/C16H33N3O3S2/c1-15(2,6-7-17)11-16(3,4)12-19-13(20)5-9-23-24-10-8-22-14(18)21/h5-12,17H2,1-4H3,(H2,18,21)(H,19,20). The Morgan fingerprint density at radius 2 is 1.71 bits per heavy atom. The maximum atomic E-state index is 11.9. The zero-order valence-electron chi connectivity index (χ0n) is 15.4. The Kier molecular flexibility index (Phi) is 11.6. The third-order valence-electron chi connectivity index (χ3n) is 3.45. The molecule has 6 nitrogen and oxygen atoms in total. The summed E-state index contributed by atoms with van der Waals surface area (Å²) in [5.41, 5.74) is 10.8. The third-order valence-corrected chi connectivity index (χ3v) is 5.82. The number of nitrogens with one attached hydrogen (secondary N) is 1. The lowest BCUT2D eigenvalue weighted by Gasteiger charge is -2.35. The van der Waals surface area contributed by atoms with E-state index < -0.39 is 6.09 Å². The highest BCUT2D eigenvalue weighted by atomic mass is 33.1. The molecule has 0 saturated heterocycles. The lowest BCUT2D eigenvalue weighted by molar-refractivity contribution is -0.121. The number of ether oxygens (including phenoxy) is 1. The van der Waals surface area contributed by atoms with Gasteiger partial charge in [0.15, 0.2) is 0 Å². The summed E-state index contributed by atoms with van der Waals surface area (Å²) in [6.45, 7) is 10.5. The summed E-state index contributed by atoms with van der Waals surface area (Å²) in [4.78, 5) is 22.3. The molecule has 0 saturated carbocycles. The monoisotopic (exact) mass is 379 g/mol. The molecular weight excluding hydrogens is 346 g/mol. The molecule has 24 heavy (non-hydrogen) atoms. The summed E-state index contributed by atoms with van der Waals surface area (Å²) >= 11 is 0. The van der Waals surface area contributed by atoms with Crippen LogP contribution in [-0.4, -0.2) is 43.2 Å². The summed E-state index contributed by atoms with van der Waals surface area (Å²) in [5.74, 6) is 1.46. The molecule has 0 aliphatic rings. The van der Waals surface area contributed by atoms with Crippen LogP contribution in [-0.2, 0) is 9.53 Å². The molecule has 0 aromatic rings. The Hall–Kier alpha value is -0.600. The number of primary amides is 1. The first kappa shape index (κ1) is 23.4. The summed E-state index contributed by atoms with van der Waals surface area (Å²) in [6, 6.07) is 0. The van der Waals surface area contributed by atoms with Crippen LogP contribution in [0.2, 0.25) is 0 Å². The van der Waals surface area contributed by atoms with E-state index in [1.165, 1.54) is 0 Å². The van der Waals surface area contributed by atoms with Crippen molar-refractivity contribution < 1.29 is 14.3 Å². The number of rotatable bonds is 13. The molecule has 0 radical (unpaired) electrons. The van der Waals surface area contributed by atoms with E-state index in [1.807, 2.05) is 0 Å². The molecule has 0 spiro atoms. The maximum Gasteiger partial charge on any atom is 0.404 e. The van der Waals surface area contributed by atoms with Crippen LogP contribution in [0.15, 0.2) is 0 Å². The first-order valence-electron chi connectivity index (χ1n) is 8.21. The molecule has 0 bridgehead atoms. The Balaban J connectivity index is 3.82. The van der Waals surface area contributed by atoms with E-state index in [9.17, 15) is 9.59 Å². The van der Waals surface area contributed by atoms with Crippen LogP contribution in [0, 0.1) is 10.8 Å². The van der Waals surface area contributed by atoms with Crippen molar-refractivity contribution in [1.29, 1.82) is 0 Å². The van der Waals surface area contributed by atoms with Gasteiger partial charge in [0, 0.05) is 24.5 Å². The zero-order valence-corrected chi connectivity index (χ0v) is 17.0. The van der Waals surface area contributed by atoms with Gasteiger partial charge in [-0.3, -0.25) is 4.79 Å². The highest BCUT2D eigenvalue weighted by Crippen LogP contribution is 2.35. The van der Waals surface area contributed by atoms with Crippen molar-refractivity contribution in [2.24, 2.45) is 22.3 Å². The second kappa shape index (κ2) is 11.9. The minimum absolute atomic E-state index is 0.0440. The lowest BCUT2D eigenvalue weighted by Crippen LogP contribution is -2.37.